The highest BCUT2D eigenvalue weighted by Gasteiger charge is 2.15. The molecule has 1 saturated heterocycles. The summed E-state index contributed by atoms with van der Waals surface area (Å²) in [5, 5.41) is 7.76. The van der Waals surface area contributed by atoms with Crippen molar-refractivity contribution in [1.82, 2.24) is 5.32 Å². The lowest BCUT2D eigenvalue weighted by Crippen LogP contribution is -3.14. The zero-order chi connectivity index (χ0) is 18.1. The zero-order valence-electron chi connectivity index (χ0n) is 14.4. The number of amides is 3. The van der Waals surface area contributed by atoms with Crippen LogP contribution in [0.1, 0.15) is 13.3 Å². The van der Waals surface area contributed by atoms with Gasteiger partial charge in [-0.2, -0.15) is 0 Å². The van der Waals surface area contributed by atoms with E-state index >= 15 is 0 Å². The Bertz CT molecular complexity index is 614. The Labute approximate surface area is 146 Å². The molecule has 0 saturated carbocycles. The van der Waals surface area contributed by atoms with Crippen molar-refractivity contribution >= 4 is 29.1 Å². The van der Waals surface area contributed by atoms with Crippen LogP contribution in [0.4, 0.5) is 11.4 Å². The summed E-state index contributed by atoms with van der Waals surface area (Å²) in [7, 11) is 0. The molecule has 0 unspecified atom stereocenters. The molecule has 0 atom stereocenters. The lowest BCUT2D eigenvalue weighted by Gasteiger charge is -2.23. The van der Waals surface area contributed by atoms with Crippen LogP contribution in [0.5, 0.6) is 0 Å². The summed E-state index contributed by atoms with van der Waals surface area (Å²) < 4.78 is 5.30. The normalized spacial score (nSPS) is 14.6. The van der Waals surface area contributed by atoms with E-state index in [1.165, 1.54) is 11.8 Å². The summed E-state index contributed by atoms with van der Waals surface area (Å²) in [5.41, 5.74) is 1.00. The van der Waals surface area contributed by atoms with Gasteiger partial charge in [0.1, 0.15) is 13.1 Å². The molecule has 0 aromatic heterocycles. The molecule has 25 heavy (non-hydrogen) atoms. The number of anilines is 2. The number of rotatable bonds is 6. The number of carbonyl (C=O) groups is 3. The Morgan fingerprint density at radius 2 is 1.76 bits per heavy atom. The van der Waals surface area contributed by atoms with Crippen LogP contribution >= 0.6 is 0 Å². The summed E-state index contributed by atoms with van der Waals surface area (Å²) in [5.74, 6) is -1.59. The van der Waals surface area contributed by atoms with Crippen molar-refractivity contribution in [1.29, 1.82) is 0 Å². The fraction of sp³-hybridized carbons (Fsp3) is 0.471. The predicted molar refractivity (Wildman–Crippen MR) is 93.4 cm³/mol. The van der Waals surface area contributed by atoms with Gasteiger partial charge < -0.3 is 25.6 Å². The molecule has 1 aromatic carbocycles. The number of ether oxygens (including phenoxy) is 1. The van der Waals surface area contributed by atoms with E-state index in [9.17, 15) is 14.4 Å². The minimum Gasteiger partial charge on any atom is -0.370 e. The molecule has 3 amide bonds. The first kappa shape index (κ1) is 18.9. The Balaban J connectivity index is 1.70. The molecule has 1 heterocycles. The van der Waals surface area contributed by atoms with Crippen LogP contribution in [0.15, 0.2) is 24.3 Å². The second-order valence-electron chi connectivity index (χ2n) is 5.94. The number of hydrogen-bond donors (Lipinski definition) is 4. The zero-order valence-corrected chi connectivity index (χ0v) is 14.4. The predicted octanol–water partition coefficient (Wildman–Crippen LogP) is -0.995. The SMILES string of the molecule is CC(=O)Nc1cccc(NC(=O)C(=O)NCCC[NH+]2CCOCC2)c1. The average Bonchev–Trinajstić information content (AvgIpc) is 2.59. The summed E-state index contributed by atoms with van der Waals surface area (Å²) >= 11 is 0. The van der Waals surface area contributed by atoms with Crippen LogP contribution in [0.3, 0.4) is 0 Å². The van der Waals surface area contributed by atoms with Crippen LogP contribution in [0, 0.1) is 0 Å². The second-order valence-corrected chi connectivity index (χ2v) is 5.94. The van der Waals surface area contributed by atoms with Crippen molar-refractivity contribution in [3.8, 4) is 0 Å². The van der Waals surface area contributed by atoms with Gasteiger partial charge in [-0.15, -0.1) is 0 Å². The summed E-state index contributed by atoms with van der Waals surface area (Å²) in [6, 6.07) is 6.63. The van der Waals surface area contributed by atoms with Gasteiger partial charge in [-0.1, -0.05) is 6.07 Å². The maximum atomic E-state index is 11.9. The van der Waals surface area contributed by atoms with Crippen molar-refractivity contribution in [2.24, 2.45) is 0 Å². The summed E-state index contributed by atoms with van der Waals surface area (Å²) in [6.45, 7) is 6.34. The number of carbonyl (C=O) groups excluding carboxylic acids is 3. The number of morpholine rings is 1. The van der Waals surface area contributed by atoms with E-state index in [0.717, 1.165) is 39.3 Å². The molecule has 8 nitrogen and oxygen atoms in total. The molecular weight excluding hydrogens is 324 g/mol. The molecule has 136 valence electrons. The van der Waals surface area contributed by atoms with E-state index in [-0.39, 0.29) is 5.91 Å². The van der Waals surface area contributed by atoms with E-state index < -0.39 is 11.8 Å². The highest BCUT2D eigenvalue weighted by molar-refractivity contribution is 6.39. The van der Waals surface area contributed by atoms with Crippen LogP contribution in [0.2, 0.25) is 0 Å². The molecule has 0 bridgehead atoms. The standard InChI is InChI=1S/C17H24N4O4/c1-13(22)19-14-4-2-5-15(12-14)20-17(24)16(23)18-6-3-7-21-8-10-25-11-9-21/h2,4-5,12H,3,6-11H2,1H3,(H,18,23)(H,19,22)(H,20,24)/p+1. The Morgan fingerprint density at radius 3 is 2.44 bits per heavy atom. The van der Waals surface area contributed by atoms with E-state index in [1.807, 2.05) is 0 Å². The van der Waals surface area contributed by atoms with Gasteiger partial charge in [0.15, 0.2) is 0 Å². The summed E-state index contributed by atoms with van der Waals surface area (Å²) in [4.78, 5) is 36.3. The smallest absolute Gasteiger partial charge is 0.313 e. The maximum Gasteiger partial charge on any atom is 0.313 e. The lowest BCUT2D eigenvalue weighted by molar-refractivity contribution is -0.908. The van der Waals surface area contributed by atoms with Gasteiger partial charge in [0, 0.05) is 31.3 Å². The molecule has 2 rings (SSSR count). The topological polar surface area (TPSA) is 101 Å². The second kappa shape index (κ2) is 9.75. The molecule has 1 aliphatic heterocycles. The first-order chi connectivity index (χ1) is 12.0. The summed E-state index contributed by atoms with van der Waals surface area (Å²) in [6.07, 6.45) is 0.812. The van der Waals surface area contributed by atoms with Crippen molar-refractivity contribution in [2.75, 3.05) is 50.0 Å². The largest absolute Gasteiger partial charge is 0.370 e. The molecule has 8 heteroatoms. The van der Waals surface area contributed by atoms with Crippen LogP contribution in [-0.2, 0) is 19.1 Å². The third kappa shape index (κ3) is 6.90. The highest BCUT2D eigenvalue weighted by atomic mass is 16.5. The quantitative estimate of drug-likeness (QED) is 0.391. The Morgan fingerprint density at radius 1 is 1.08 bits per heavy atom. The number of nitrogens with one attached hydrogen (secondary N) is 4. The Hall–Kier alpha value is -2.45. The van der Waals surface area contributed by atoms with Crippen LogP contribution in [0.25, 0.3) is 0 Å². The first-order valence-corrected chi connectivity index (χ1v) is 8.43. The molecule has 0 spiro atoms. The molecule has 4 N–H and O–H groups in total. The van der Waals surface area contributed by atoms with E-state index in [1.54, 1.807) is 24.3 Å². The highest BCUT2D eigenvalue weighted by Crippen LogP contribution is 2.14. The van der Waals surface area contributed by atoms with Gasteiger partial charge in [-0.05, 0) is 18.2 Å². The van der Waals surface area contributed by atoms with Gasteiger partial charge in [0.05, 0.1) is 19.8 Å². The van der Waals surface area contributed by atoms with Gasteiger partial charge in [0.25, 0.3) is 0 Å². The van der Waals surface area contributed by atoms with Crippen molar-refractivity contribution in [2.45, 2.75) is 13.3 Å². The molecule has 0 radical (unpaired) electrons. The van der Waals surface area contributed by atoms with E-state index in [0.29, 0.717) is 17.9 Å². The minimum absolute atomic E-state index is 0.205. The van der Waals surface area contributed by atoms with E-state index in [2.05, 4.69) is 16.0 Å². The fourth-order valence-corrected chi connectivity index (χ4v) is 2.60. The van der Waals surface area contributed by atoms with Gasteiger partial charge in [-0.25, -0.2) is 0 Å². The number of benzene rings is 1. The minimum atomic E-state index is -0.723. The van der Waals surface area contributed by atoms with Gasteiger partial charge in [-0.3, -0.25) is 14.4 Å². The molecule has 1 fully saturated rings. The van der Waals surface area contributed by atoms with Gasteiger partial charge in [0.2, 0.25) is 5.91 Å². The van der Waals surface area contributed by atoms with Crippen LogP contribution < -0.4 is 20.9 Å². The lowest BCUT2D eigenvalue weighted by atomic mass is 10.2. The van der Waals surface area contributed by atoms with Crippen molar-refractivity contribution in [3.05, 3.63) is 24.3 Å². The van der Waals surface area contributed by atoms with Gasteiger partial charge >= 0.3 is 11.8 Å². The fourth-order valence-electron chi connectivity index (χ4n) is 2.60. The monoisotopic (exact) mass is 349 g/mol. The van der Waals surface area contributed by atoms with Crippen molar-refractivity contribution in [3.63, 3.8) is 0 Å². The van der Waals surface area contributed by atoms with Crippen LogP contribution in [-0.4, -0.2) is 57.1 Å². The first-order valence-electron chi connectivity index (χ1n) is 8.43. The molecule has 1 aliphatic rings. The van der Waals surface area contributed by atoms with E-state index in [4.69, 9.17) is 4.74 Å². The third-order valence-electron chi connectivity index (χ3n) is 3.84. The number of hydrogen-bond acceptors (Lipinski definition) is 4. The Kier molecular flexibility index (Phi) is 7.36. The average molecular weight is 349 g/mol. The molecular formula is C17H25N4O4+. The van der Waals surface area contributed by atoms with Crippen molar-refractivity contribution < 1.29 is 24.0 Å². The number of quaternary nitrogens is 1. The molecule has 1 aromatic rings. The molecule has 0 aliphatic carbocycles. The maximum absolute atomic E-state index is 11.9. The third-order valence-corrected chi connectivity index (χ3v) is 3.84.